The monoisotopic (exact) mass is 401 g/mol. The fraction of sp³-hybridized carbons (Fsp3) is 0.438. The van der Waals surface area contributed by atoms with Gasteiger partial charge in [0.25, 0.3) is 0 Å². The maximum Gasteiger partial charge on any atom is 0.108 e. The third-order valence-electron chi connectivity index (χ3n) is 3.99. The van der Waals surface area contributed by atoms with Gasteiger partial charge in [0.1, 0.15) is 5.01 Å². The molecule has 0 spiro atoms. The van der Waals surface area contributed by atoms with Crippen LogP contribution in [0.15, 0.2) is 34.2 Å². The number of aromatic nitrogens is 1. The summed E-state index contributed by atoms with van der Waals surface area (Å²) in [6.07, 6.45) is 2.99. The lowest BCUT2D eigenvalue weighted by Gasteiger charge is -2.36. The van der Waals surface area contributed by atoms with E-state index in [1.54, 1.807) is 11.3 Å². The van der Waals surface area contributed by atoms with Crippen molar-refractivity contribution < 1.29 is 0 Å². The predicted octanol–water partition coefficient (Wildman–Crippen LogP) is 4.04. The molecule has 1 fully saturated rings. The number of thiazole rings is 1. The first kappa shape index (κ1) is 17.9. The summed E-state index contributed by atoms with van der Waals surface area (Å²) in [4.78, 5) is 7.01. The standard InChI is InChI=1S/C16H20BrN3S.ClH/c1-2-12-3-5-13(6-4-12)14-9-18-7-8-20(14)11-16-19-10-15(17)21-16;/h3-6,10,14,18H,2,7-9,11H2,1H3;1H. The number of nitrogens with one attached hydrogen (secondary N) is 1. The Morgan fingerprint density at radius 3 is 2.77 bits per heavy atom. The van der Waals surface area contributed by atoms with Gasteiger partial charge in [-0.15, -0.1) is 23.7 Å². The Hall–Kier alpha value is -0.460. The van der Waals surface area contributed by atoms with E-state index < -0.39 is 0 Å². The SMILES string of the molecule is CCc1ccc(C2CNCCN2Cc2ncc(Br)s2)cc1.Cl. The van der Waals surface area contributed by atoms with Gasteiger partial charge in [-0.2, -0.15) is 0 Å². The Balaban J connectivity index is 0.00000176. The van der Waals surface area contributed by atoms with Crippen LogP contribution >= 0.6 is 39.7 Å². The van der Waals surface area contributed by atoms with E-state index in [4.69, 9.17) is 0 Å². The van der Waals surface area contributed by atoms with Gasteiger partial charge in [-0.3, -0.25) is 4.90 Å². The number of benzene rings is 1. The molecule has 3 nitrogen and oxygen atoms in total. The highest BCUT2D eigenvalue weighted by Gasteiger charge is 2.24. The molecule has 2 heterocycles. The van der Waals surface area contributed by atoms with Crippen molar-refractivity contribution in [1.29, 1.82) is 0 Å². The van der Waals surface area contributed by atoms with Crippen LogP contribution in [0.1, 0.15) is 29.1 Å². The van der Waals surface area contributed by atoms with Crippen LogP contribution in [0, 0.1) is 0 Å². The zero-order valence-electron chi connectivity index (χ0n) is 12.6. The van der Waals surface area contributed by atoms with Crippen LogP contribution in [0.5, 0.6) is 0 Å². The number of nitrogens with zero attached hydrogens (tertiary/aromatic N) is 2. The number of hydrogen-bond acceptors (Lipinski definition) is 4. The number of rotatable bonds is 4. The van der Waals surface area contributed by atoms with Crippen LogP contribution < -0.4 is 5.32 Å². The van der Waals surface area contributed by atoms with Gasteiger partial charge in [0.15, 0.2) is 0 Å². The van der Waals surface area contributed by atoms with Gasteiger partial charge >= 0.3 is 0 Å². The van der Waals surface area contributed by atoms with Crippen LogP contribution in [0.3, 0.4) is 0 Å². The minimum absolute atomic E-state index is 0. The zero-order valence-corrected chi connectivity index (χ0v) is 15.8. The summed E-state index contributed by atoms with van der Waals surface area (Å²) in [6.45, 7) is 6.26. The van der Waals surface area contributed by atoms with Crippen molar-refractivity contribution in [3.05, 3.63) is 50.4 Å². The van der Waals surface area contributed by atoms with Crippen molar-refractivity contribution in [1.82, 2.24) is 15.2 Å². The molecule has 1 aromatic carbocycles. The van der Waals surface area contributed by atoms with Gasteiger partial charge in [-0.1, -0.05) is 31.2 Å². The minimum Gasteiger partial charge on any atom is -0.314 e. The molecule has 1 aromatic heterocycles. The van der Waals surface area contributed by atoms with Crippen molar-refractivity contribution >= 4 is 39.7 Å². The van der Waals surface area contributed by atoms with E-state index in [9.17, 15) is 0 Å². The van der Waals surface area contributed by atoms with Gasteiger partial charge in [-0.05, 0) is 33.5 Å². The molecule has 1 atom stereocenters. The van der Waals surface area contributed by atoms with Crippen LogP contribution in [0.4, 0.5) is 0 Å². The molecule has 1 aliphatic rings. The molecule has 6 heteroatoms. The number of aryl methyl sites for hydroxylation is 1. The van der Waals surface area contributed by atoms with Gasteiger partial charge in [-0.25, -0.2) is 4.98 Å². The lowest BCUT2D eigenvalue weighted by Crippen LogP contribution is -2.45. The van der Waals surface area contributed by atoms with E-state index >= 15 is 0 Å². The number of piperazine rings is 1. The largest absolute Gasteiger partial charge is 0.314 e. The molecule has 0 bridgehead atoms. The summed E-state index contributed by atoms with van der Waals surface area (Å²) in [5, 5.41) is 4.69. The Morgan fingerprint density at radius 1 is 1.36 bits per heavy atom. The van der Waals surface area contributed by atoms with Gasteiger partial charge in [0, 0.05) is 25.7 Å². The number of halogens is 2. The van der Waals surface area contributed by atoms with Gasteiger partial charge in [0.05, 0.1) is 16.5 Å². The van der Waals surface area contributed by atoms with Gasteiger partial charge in [0.2, 0.25) is 0 Å². The second-order valence-corrected chi connectivity index (χ2v) is 7.84. The lowest BCUT2D eigenvalue weighted by molar-refractivity contribution is 0.153. The summed E-state index contributed by atoms with van der Waals surface area (Å²) in [7, 11) is 0. The predicted molar refractivity (Wildman–Crippen MR) is 98.9 cm³/mol. The Labute approximate surface area is 150 Å². The average Bonchev–Trinajstić information content (AvgIpc) is 2.93. The quantitative estimate of drug-likeness (QED) is 0.836. The molecular weight excluding hydrogens is 382 g/mol. The highest BCUT2D eigenvalue weighted by Crippen LogP contribution is 2.27. The van der Waals surface area contributed by atoms with Crippen LogP contribution in [-0.4, -0.2) is 29.5 Å². The molecule has 1 saturated heterocycles. The fourth-order valence-electron chi connectivity index (χ4n) is 2.77. The molecular formula is C16H21BrClN3S. The van der Waals surface area contributed by atoms with E-state index in [1.165, 1.54) is 16.1 Å². The molecule has 22 heavy (non-hydrogen) atoms. The maximum atomic E-state index is 4.47. The third-order valence-corrected chi connectivity index (χ3v) is 5.45. The average molecular weight is 403 g/mol. The van der Waals surface area contributed by atoms with Crippen molar-refractivity contribution in [2.24, 2.45) is 0 Å². The normalized spacial score (nSPS) is 18.9. The Kier molecular flexibility index (Phi) is 6.84. The second-order valence-electron chi connectivity index (χ2n) is 5.34. The van der Waals surface area contributed by atoms with Crippen LogP contribution in [-0.2, 0) is 13.0 Å². The first-order valence-electron chi connectivity index (χ1n) is 7.40. The fourth-order valence-corrected chi connectivity index (χ4v) is 4.10. The summed E-state index contributed by atoms with van der Waals surface area (Å²) in [5.74, 6) is 0. The van der Waals surface area contributed by atoms with E-state index in [0.717, 1.165) is 36.4 Å². The van der Waals surface area contributed by atoms with Crippen LogP contribution in [0.25, 0.3) is 0 Å². The smallest absolute Gasteiger partial charge is 0.108 e. The molecule has 0 saturated carbocycles. The molecule has 0 radical (unpaired) electrons. The lowest BCUT2D eigenvalue weighted by atomic mass is 10.0. The topological polar surface area (TPSA) is 28.2 Å². The second kappa shape index (κ2) is 8.41. The van der Waals surface area contributed by atoms with Crippen molar-refractivity contribution in [3.63, 3.8) is 0 Å². The maximum absolute atomic E-state index is 4.47. The first-order valence-corrected chi connectivity index (χ1v) is 9.01. The Bertz CT molecular complexity index is 587. The first-order chi connectivity index (χ1) is 10.3. The highest BCUT2D eigenvalue weighted by atomic mass is 79.9. The summed E-state index contributed by atoms with van der Waals surface area (Å²) in [6, 6.07) is 9.50. The molecule has 2 aromatic rings. The van der Waals surface area contributed by atoms with Gasteiger partial charge < -0.3 is 5.32 Å². The van der Waals surface area contributed by atoms with E-state index in [2.05, 4.69) is 62.3 Å². The van der Waals surface area contributed by atoms with Crippen molar-refractivity contribution in [3.8, 4) is 0 Å². The van der Waals surface area contributed by atoms with E-state index in [0.29, 0.717) is 6.04 Å². The summed E-state index contributed by atoms with van der Waals surface area (Å²) < 4.78 is 1.11. The van der Waals surface area contributed by atoms with Crippen LogP contribution in [0.2, 0.25) is 0 Å². The van der Waals surface area contributed by atoms with E-state index in [1.807, 2.05) is 6.20 Å². The summed E-state index contributed by atoms with van der Waals surface area (Å²) in [5.41, 5.74) is 2.80. The Morgan fingerprint density at radius 2 is 2.14 bits per heavy atom. The summed E-state index contributed by atoms with van der Waals surface area (Å²) >= 11 is 5.23. The third kappa shape index (κ3) is 4.30. The number of hydrogen-bond donors (Lipinski definition) is 1. The molecule has 0 aliphatic carbocycles. The molecule has 1 unspecified atom stereocenters. The minimum atomic E-state index is 0. The zero-order chi connectivity index (χ0) is 14.7. The van der Waals surface area contributed by atoms with Crippen molar-refractivity contribution in [2.75, 3.05) is 19.6 Å². The molecule has 120 valence electrons. The molecule has 1 N–H and O–H groups in total. The molecule has 3 rings (SSSR count). The molecule has 1 aliphatic heterocycles. The molecule has 0 amide bonds. The van der Waals surface area contributed by atoms with E-state index in [-0.39, 0.29) is 12.4 Å². The highest BCUT2D eigenvalue weighted by molar-refractivity contribution is 9.11. The van der Waals surface area contributed by atoms with Crippen molar-refractivity contribution in [2.45, 2.75) is 25.9 Å².